The summed E-state index contributed by atoms with van der Waals surface area (Å²) in [5.41, 5.74) is 0. The zero-order valence-electron chi connectivity index (χ0n) is 12.2. The van der Waals surface area contributed by atoms with Crippen LogP contribution in [0.4, 0.5) is 0 Å². The van der Waals surface area contributed by atoms with Crippen molar-refractivity contribution in [2.75, 3.05) is 13.1 Å². The van der Waals surface area contributed by atoms with Crippen molar-refractivity contribution in [3.8, 4) is 0 Å². The van der Waals surface area contributed by atoms with Crippen molar-refractivity contribution in [1.29, 1.82) is 0 Å². The molecule has 0 saturated heterocycles. The summed E-state index contributed by atoms with van der Waals surface area (Å²) in [6, 6.07) is 0. The van der Waals surface area contributed by atoms with Gasteiger partial charge in [0.2, 0.25) is 0 Å². The summed E-state index contributed by atoms with van der Waals surface area (Å²) in [6.07, 6.45) is 13.1. The molecule has 0 aliphatic rings. The predicted octanol–water partition coefficient (Wildman–Crippen LogP) is 5.23. The molecule has 0 aliphatic carbocycles. The summed E-state index contributed by atoms with van der Waals surface area (Å²) in [5.74, 6) is 0. The van der Waals surface area contributed by atoms with E-state index in [9.17, 15) is 0 Å². The Bertz CT molecular complexity index is 121. The molecule has 0 saturated carbocycles. The van der Waals surface area contributed by atoms with Gasteiger partial charge in [0.25, 0.3) is 0 Å². The monoisotopic (exact) mass is 239 g/mol. The van der Waals surface area contributed by atoms with Crippen LogP contribution >= 0.6 is 0 Å². The summed E-state index contributed by atoms with van der Waals surface area (Å²) in [4.78, 5) is 2.54. The van der Waals surface area contributed by atoms with Gasteiger partial charge >= 0.3 is 0 Å². The first-order valence-corrected chi connectivity index (χ1v) is 7.71. The van der Waals surface area contributed by atoms with Crippen molar-refractivity contribution >= 4 is 0 Å². The van der Waals surface area contributed by atoms with E-state index in [-0.39, 0.29) is 0 Å². The van der Waals surface area contributed by atoms with Crippen LogP contribution in [0.1, 0.15) is 78.1 Å². The van der Waals surface area contributed by atoms with Crippen LogP contribution < -0.4 is 0 Å². The Morgan fingerprint density at radius 1 is 0.824 bits per heavy atom. The van der Waals surface area contributed by atoms with Crippen molar-refractivity contribution in [1.82, 2.24) is 4.90 Å². The highest BCUT2D eigenvalue weighted by Gasteiger charge is 2.03. The molecule has 1 heteroatoms. The third kappa shape index (κ3) is 12.2. The van der Waals surface area contributed by atoms with Crippen molar-refractivity contribution < 1.29 is 0 Å². The van der Waals surface area contributed by atoms with Gasteiger partial charge in [-0.2, -0.15) is 0 Å². The zero-order valence-corrected chi connectivity index (χ0v) is 12.2. The topological polar surface area (TPSA) is 3.24 Å². The lowest BCUT2D eigenvalue weighted by Crippen LogP contribution is -2.23. The summed E-state index contributed by atoms with van der Waals surface area (Å²) in [7, 11) is 0. The average molecular weight is 239 g/mol. The van der Waals surface area contributed by atoms with Crippen LogP contribution in [0.25, 0.3) is 0 Å². The average Bonchev–Trinajstić information content (AvgIpc) is 2.35. The molecule has 0 aromatic carbocycles. The summed E-state index contributed by atoms with van der Waals surface area (Å²) >= 11 is 0. The minimum absolute atomic E-state index is 1.03. The predicted molar refractivity (Wildman–Crippen MR) is 78.7 cm³/mol. The van der Waals surface area contributed by atoms with Crippen LogP contribution in [0.3, 0.4) is 0 Å². The second kappa shape index (κ2) is 14.0. The number of rotatable bonds is 13. The Kier molecular flexibility index (Phi) is 14.0. The van der Waals surface area contributed by atoms with E-state index >= 15 is 0 Å². The Morgan fingerprint density at radius 2 is 1.35 bits per heavy atom. The molecule has 0 aliphatic heterocycles. The molecule has 0 rings (SSSR count). The lowest BCUT2D eigenvalue weighted by Gasteiger charge is -2.21. The van der Waals surface area contributed by atoms with E-state index in [4.69, 9.17) is 0 Å². The van der Waals surface area contributed by atoms with Crippen LogP contribution in [0.5, 0.6) is 0 Å². The van der Waals surface area contributed by atoms with E-state index in [2.05, 4.69) is 32.2 Å². The molecular formula is C16H33N. The number of nitrogens with zero attached hydrogens (tertiary/aromatic N) is 1. The molecular weight excluding hydrogens is 206 g/mol. The second-order valence-corrected chi connectivity index (χ2v) is 4.98. The Morgan fingerprint density at radius 3 is 1.76 bits per heavy atom. The molecule has 0 spiro atoms. The van der Waals surface area contributed by atoms with Gasteiger partial charge in [-0.3, -0.25) is 4.90 Å². The lowest BCUT2D eigenvalue weighted by molar-refractivity contribution is 0.306. The number of hydrogen-bond donors (Lipinski definition) is 0. The fourth-order valence-electron chi connectivity index (χ4n) is 2.05. The van der Waals surface area contributed by atoms with Crippen molar-refractivity contribution in [3.05, 3.63) is 13.5 Å². The molecule has 0 fully saturated rings. The first kappa shape index (κ1) is 17.0. The van der Waals surface area contributed by atoms with Gasteiger partial charge in [0.1, 0.15) is 0 Å². The molecule has 0 N–H and O–H groups in total. The Hall–Kier alpha value is -0.0400. The maximum Gasteiger partial charge on any atom is 0.0251 e. The minimum Gasteiger partial charge on any atom is -0.299 e. The van der Waals surface area contributed by atoms with Crippen molar-refractivity contribution in [2.45, 2.75) is 78.1 Å². The highest BCUT2D eigenvalue weighted by Crippen LogP contribution is 2.08. The third-order valence-electron chi connectivity index (χ3n) is 3.19. The maximum absolute atomic E-state index is 3.92. The first-order valence-electron chi connectivity index (χ1n) is 7.71. The van der Waals surface area contributed by atoms with Gasteiger partial charge in [0.15, 0.2) is 0 Å². The first-order chi connectivity index (χ1) is 8.35. The largest absolute Gasteiger partial charge is 0.299 e. The van der Waals surface area contributed by atoms with Crippen LogP contribution in [0.15, 0.2) is 0 Å². The van der Waals surface area contributed by atoms with E-state index in [0.717, 1.165) is 12.8 Å². The minimum atomic E-state index is 1.03. The van der Waals surface area contributed by atoms with Crippen LogP contribution in [-0.4, -0.2) is 18.0 Å². The smallest absolute Gasteiger partial charge is 0.0251 e. The van der Waals surface area contributed by atoms with Crippen molar-refractivity contribution in [3.63, 3.8) is 0 Å². The van der Waals surface area contributed by atoms with Crippen molar-refractivity contribution in [2.24, 2.45) is 0 Å². The molecule has 17 heavy (non-hydrogen) atoms. The lowest BCUT2D eigenvalue weighted by atomic mass is 10.1. The van der Waals surface area contributed by atoms with Gasteiger partial charge in [-0.05, 0) is 32.4 Å². The molecule has 0 atom stereocenters. The SMILES string of the molecule is [CH2]CC[CH]N(CCCCCC)CCCCCC. The van der Waals surface area contributed by atoms with Gasteiger partial charge < -0.3 is 0 Å². The molecule has 0 bridgehead atoms. The molecule has 1 nitrogen and oxygen atoms in total. The Labute approximate surface area is 110 Å². The van der Waals surface area contributed by atoms with Gasteiger partial charge in [0.05, 0.1) is 0 Å². The van der Waals surface area contributed by atoms with E-state index in [0.29, 0.717) is 0 Å². The zero-order chi connectivity index (χ0) is 12.8. The fourth-order valence-corrected chi connectivity index (χ4v) is 2.05. The molecule has 102 valence electrons. The van der Waals surface area contributed by atoms with E-state index in [1.54, 1.807) is 0 Å². The van der Waals surface area contributed by atoms with Crippen LogP contribution in [-0.2, 0) is 0 Å². The third-order valence-corrected chi connectivity index (χ3v) is 3.19. The van der Waals surface area contributed by atoms with E-state index in [1.165, 1.54) is 64.5 Å². The van der Waals surface area contributed by atoms with E-state index < -0.39 is 0 Å². The molecule has 2 radical (unpaired) electrons. The summed E-state index contributed by atoms with van der Waals surface area (Å²) < 4.78 is 0. The maximum atomic E-state index is 3.92. The molecule has 0 aromatic rings. The normalized spacial score (nSPS) is 11.3. The van der Waals surface area contributed by atoms with Crippen LogP contribution in [0, 0.1) is 13.5 Å². The molecule has 0 amide bonds. The molecule has 0 aromatic heterocycles. The molecule has 0 heterocycles. The van der Waals surface area contributed by atoms with Gasteiger partial charge in [-0.1, -0.05) is 65.7 Å². The van der Waals surface area contributed by atoms with E-state index in [1.807, 2.05) is 0 Å². The highest BCUT2D eigenvalue weighted by atomic mass is 15.1. The second-order valence-electron chi connectivity index (χ2n) is 4.98. The highest BCUT2D eigenvalue weighted by molar-refractivity contribution is 4.69. The summed E-state index contributed by atoms with van der Waals surface area (Å²) in [6.45, 7) is 13.4. The number of unbranched alkanes of at least 4 members (excludes halogenated alkanes) is 7. The van der Waals surface area contributed by atoms with Gasteiger partial charge in [-0.25, -0.2) is 0 Å². The van der Waals surface area contributed by atoms with Crippen LogP contribution in [0.2, 0.25) is 0 Å². The quantitative estimate of drug-likeness (QED) is 0.398. The standard InChI is InChI=1S/C16H33N/c1-4-7-10-12-15-17(14-9-6-3)16-13-11-8-5-2/h14H,3-13,15-16H2,1-2H3. The fraction of sp³-hybridized carbons (Fsp3) is 0.875. The Balaban J connectivity index is 3.56. The number of hydrogen-bond acceptors (Lipinski definition) is 1. The van der Waals surface area contributed by atoms with Gasteiger partial charge in [0, 0.05) is 6.54 Å². The molecule has 0 unspecified atom stereocenters. The van der Waals surface area contributed by atoms with Gasteiger partial charge in [-0.15, -0.1) is 0 Å². The summed E-state index contributed by atoms with van der Waals surface area (Å²) in [5, 5.41) is 0.